The average Bonchev–Trinajstić information content (AvgIpc) is 2.63. The lowest BCUT2D eigenvalue weighted by Gasteiger charge is -2.34. The first-order chi connectivity index (χ1) is 11.3. The van der Waals surface area contributed by atoms with E-state index in [0.717, 1.165) is 6.54 Å². The van der Waals surface area contributed by atoms with Gasteiger partial charge in [-0.2, -0.15) is 0 Å². The highest BCUT2D eigenvalue weighted by molar-refractivity contribution is 7.02. The highest BCUT2D eigenvalue weighted by Gasteiger charge is 2.35. The zero-order valence-electron chi connectivity index (χ0n) is 14.1. The largest absolute Gasteiger partial charge is 0.356 e. The van der Waals surface area contributed by atoms with Gasteiger partial charge in [0.2, 0.25) is 0 Å². The van der Waals surface area contributed by atoms with Crippen LogP contribution in [-0.2, 0) is 0 Å². The van der Waals surface area contributed by atoms with Gasteiger partial charge in [-0.1, -0.05) is 97.5 Å². The molecule has 2 rings (SSSR count). The maximum atomic E-state index is 3.89. The topological polar surface area (TPSA) is 3.24 Å². The Bertz CT molecular complexity index is 559. The summed E-state index contributed by atoms with van der Waals surface area (Å²) in [4.78, 5) is 2.10. The van der Waals surface area contributed by atoms with Crippen LogP contribution in [0.1, 0.15) is 13.3 Å². The molecule has 0 amide bonds. The summed E-state index contributed by atoms with van der Waals surface area (Å²) >= 11 is 0. The molecule has 0 bridgehead atoms. The summed E-state index contributed by atoms with van der Waals surface area (Å²) in [6.45, 7) is 11.1. The molecule has 2 aromatic rings. The number of hydrogen-bond donors (Lipinski definition) is 0. The van der Waals surface area contributed by atoms with Crippen molar-refractivity contribution in [3.05, 3.63) is 86.2 Å². The van der Waals surface area contributed by atoms with Crippen molar-refractivity contribution in [1.82, 2.24) is 4.90 Å². The molecule has 0 saturated carbocycles. The first kappa shape index (κ1) is 17.3. The van der Waals surface area contributed by atoms with Gasteiger partial charge in [0.05, 0.1) is 0 Å². The first-order valence-electron chi connectivity index (χ1n) is 8.38. The second-order valence-corrected chi connectivity index (χ2v) is 10.2. The van der Waals surface area contributed by atoms with Gasteiger partial charge in [-0.15, -0.1) is 0 Å². The van der Waals surface area contributed by atoms with Crippen molar-refractivity contribution in [1.29, 1.82) is 0 Å². The van der Waals surface area contributed by atoms with Crippen molar-refractivity contribution in [3.8, 4) is 0 Å². The molecule has 0 aliphatic carbocycles. The molecule has 0 N–H and O–H groups in total. The van der Waals surface area contributed by atoms with Gasteiger partial charge in [-0.3, -0.25) is 0 Å². The van der Waals surface area contributed by atoms with Gasteiger partial charge in [0.15, 0.2) is 0 Å². The van der Waals surface area contributed by atoms with Crippen molar-refractivity contribution in [2.24, 2.45) is 0 Å². The molecule has 1 nitrogen and oxygen atoms in total. The molecule has 0 fully saturated rings. The Morgan fingerprint density at radius 3 is 1.70 bits per heavy atom. The molecule has 0 heterocycles. The van der Waals surface area contributed by atoms with Crippen LogP contribution < -0.4 is 10.4 Å². The van der Waals surface area contributed by atoms with E-state index in [1.165, 1.54) is 28.9 Å². The summed E-state index contributed by atoms with van der Waals surface area (Å²) in [5.74, 6) is 0. The predicted molar refractivity (Wildman–Crippen MR) is 105 cm³/mol. The Morgan fingerprint density at radius 1 is 0.826 bits per heavy atom. The SMILES string of the molecule is C=CN(C=C)CC[Si](CCC)(c1ccccc1)c1ccccc1. The van der Waals surface area contributed by atoms with Crippen LogP contribution in [0.4, 0.5) is 0 Å². The molecule has 0 saturated heterocycles. The van der Waals surface area contributed by atoms with Gasteiger partial charge in [0.25, 0.3) is 0 Å². The van der Waals surface area contributed by atoms with E-state index >= 15 is 0 Å². The van der Waals surface area contributed by atoms with E-state index in [1.807, 2.05) is 12.4 Å². The van der Waals surface area contributed by atoms with Gasteiger partial charge in [0, 0.05) is 6.54 Å². The summed E-state index contributed by atoms with van der Waals surface area (Å²) < 4.78 is 0. The van der Waals surface area contributed by atoms with E-state index in [0.29, 0.717) is 0 Å². The van der Waals surface area contributed by atoms with Crippen molar-refractivity contribution in [3.63, 3.8) is 0 Å². The summed E-state index contributed by atoms with van der Waals surface area (Å²) in [5.41, 5.74) is 0. The zero-order valence-corrected chi connectivity index (χ0v) is 15.1. The molecule has 2 heteroatoms. The van der Waals surface area contributed by atoms with E-state index in [9.17, 15) is 0 Å². The van der Waals surface area contributed by atoms with E-state index in [-0.39, 0.29) is 0 Å². The summed E-state index contributed by atoms with van der Waals surface area (Å²) in [6, 6.07) is 24.6. The second-order valence-electron chi connectivity index (χ2n) is 5.92. The van der Waals surface area contributed by atoms with Crippen molar-refractivity contribution >= 4 is 18.4 Å². The molecule has 23 heavy (non-hydrogen) atoms. The highest BCUT2D eigenvalue weighted by Crippen LogP contribution is 2.19. The van der Waals surface area contributed by atoms with Crippen molar-refractivity contribution < 1.29 is 0 Å². The Labute approximate surface area is 142 Å². The maximum absolute atomic E-state index is 3.89. The monoisotopic (exact) mass is 321 g/mol. The Hall–Kier alpha value is -2.06. The maximum Gasteiger partial charge on any atom is 0.119 e. The quantitative estimate of drug-likeness (QED) is 0.624. The van der Waals surface area contributed by atoms with E-state index < -0.39 is 8.07 Å². The fourth-order valence-electron chi connectivity index (χ4n) is 3.39. The number of hydrogen-bond acceptors (Lipinski definition) is 1. The lowest BCUT2D eigenvalue weighted by molar-refractivity contribution is 0.536. The molecule has 0 radical (unpaired) electrons. The molecule has 0 aromatic heterocycles. The lowest BCUT2D eigenvalue weighted by atomic mass is 10.4. The minimum absolute atomic E-state index is 0.975. The Morgan fingerprint density at radius 2 is 1.30 bits per heavy atom. The minimum atomic E-state index is -1.78. The Kier molecular flexibility index (Phi) is 6.42. The molecular formula is C21H27NSi. The van der Waals surface area contributed by atoms with Gasteiger partial charge in [-0.25, -0.2) is 0 Å². The molecule has 0 atom stereocenters. The van der Waals surface area contributed by atoms with Gasteiger partial charge < -0.3 is 4.90 Å². The third kappa shape index (κ3) is 4.02. The third-order valence-electron chi connectivity index (χ3n) is 4.60. The van der Waals surface area contributed by atoms with Crippen LogP contribution in [0.5, 0.6) is 0 Å². The molecule has 0 unspecified atom stereocenters. The second kappa shape index (κ2) is 8.54. The van der Waals surface area contributed by atoms with Crippen LogP contribution >= 0.6 is 0 Å². The van der Waals surface area contributed by atoms with Crippen LogP contribution in [-0.4, -0.2) is 19.5 Å². The summed E-state index contributed by atoms with van der Waals surface area (Å²) in [6.07, 6.45) is 4.94. The normalized spacial score (nSPS) is 11.0. The number of rotatable bonds is 9. The predicted octanol–water partition coefficient (Wildman–Crippen LogP) is 4.25. The van der Waals surface area contributed by atoms with Gasteiger partial charge >= 0.3 is 0 Å². The third-order valence-corrected chi connectivity index (χ3v) is 9.90. The smallest absolute Gasteiger partial charge is 0.119 e. The Balaban J connectivity index is 2.47. The van der Waals surface area contributed by atoms with Crippen LogP contribution in [0.15, 0.2) is 86.2 Å². The first-order valence-corrected chi connectivity index (χ1v) is 10.8. The summed E-state index contributed by atoms with van der Waals surface area (Å²) in [5, 5.41) is 3.06. The minimum Gasteiger partial charge on any atom is -0.356 e. The molecule has 0 aliphatic heterocycles. The van der Waals surface area contributed by atoms with E-state index in [2.05, 4.69) is 85.6 Å². The lowest BCUT2D eigenvalue weighted by Crippen LogP contribution is -2.59. The molecule has 2 aromatic carbocycles. The average molecular weight is 322 g/mol. The van der Waals surface area contributed by atoms with E-state index in [4.69, 9.17) is 0 Å². The van der Waals surface area contributed by atoms with Gasteiger partial charge in [-0.05, 0) is 24.5 Å². The van der Waals surface area contributed by atoms with Crippen LogP contribution in [0.3, 0.4) is 0 Å². The van der Waals surface area contributed by atoms with Crippen molar-refractivity contribution in [2.45, 2.75) is 25.4 Å². The number of benzene rings is 2. The summed E-state index contributed by atoms with van der Waals surface area (Å²) in [7, 11) is -1.78. The van der Waals surface area contributed by atoms with Crippen LogP contribution in [0.25, 0.3) is 0 Å². The van der Waals surface area contributed by atoms with Gasteiger partial charge in [0.1, 0.15) is 8.07 Å². The van der Waals surface area contributed by atoms with Crippen LogP contribution in [0.2, 0.25) is 12.1 Å². The fraction of sp³-hybridized carbons (Fsp3) is 0.238. The standard InChI is InChI=1S/C21H27NSi/c1-4-18-23(19-17-22(5-2)6-3,20-13-9-7-10-14-20)21-15-11-8-12-16-21/h5-16H,2-4,17-19H2,1H3. The number of nitrogens with zero attached hydrogens (tertiary/aromatic N) is 1. The fourth-order valence-corrected chi connectivity index (χ4v) is 8.28. The highest BCUT2D eigenvalue weighted by atomic mass is 28.3. The van der Waals surface area contributed by atoms with Crippen LogP contribution in [0, 0.1) is 0 Å². The van der Waals surface area contributed by atoms with Crippen molar-refractivity contribution in [2.75, 3.05) is 6.54 Å². The zero-order chi connectivity index (χ0) is 16.5. The molecule has 0 aliphatic rings. The molecule has 0 spiro atoms. The molecule has 120 valence electrons. The molecular weight excluding hydrogens is 294 g/mol. The van der Waals surface area contributed by atoms with E-state index in [1.54, 1.807) is 0 Å².